The van der Waals surface area contributed by atoms with E-state index in [-0.39, 0.29) is 29.8 Å². The van der Waals surface area contributed by atoms with Crippen molar-refractivity contribution in [2.24, 2.45) is 5.92 Å². The lowest BCUT2D eigenvalue weighted by Gasteiger charge is -2.40. The Morgan fingerprint density at radius 2 is 2.05 bits per heavy atom. The highest BCUT2D eigenvalue weighted by molar-refractivity contribution is 7.11. The van der Waals surface area contributed by atoms with Crippen molar-refractivity contribution >= 4 is 23.2 Å². The molecule has 0 aliphatic carbocycles. The Hall–Kier alpha value is -1.36. The number of aryl methyl sites for hydroxylation is 1. The molecule has 1 saturated heterocycles. The van der Waals surface area contributed by atoms with E-state index in [1.807, 2.05) is 26.8 Å². The number of carbonyl (C=O) groups is 2. The maximum atomic E-state index is 12.7. The summed E-state index contributed by atoms with van der Waals surface area (Å²) >= 11 is 1.69. The Morgan fingerprint density at radius 3 is 2.57 bits per heavy atom. The molecule has 2 amide bonds. The molecular weight excluding hydrogens is 284 g/mol. The summed E-state index contributed by atoms with van der Waals surface area (Å²) < 4.78 is 0. The number of hydrogen-bond acceptors (Lipinski definition) is 3. The van der Waals surface area contributed by atoms with Gasteiger partial charge in [-0.2, -0.15) is 0 Å². The molecule has 5 heteroatoms. The number of carbonyl (C=O) groups excluding carboxylic acids is 2. The van der Waals surface area contributed by atoms with Crippen LogP contribution in [0.1, 0.15) is 43.4 Å². The molecule has 116 valence electrons. The summed E-state index contributed by atoms with van der Waals surface area (Å²) in [4.78, 5) is 29.2. The summed E-state index contributed by atoms with van der Waals surface area (Å²) in [6.45, 7) is 8.60. The number of rotatable bonds is 5. The molecule has 4 nitrogen and oxygen atoms in total. The first-order chi connectivity index (χ1) is 9.93. The Morgan fingerprint density at radius 1 is 1.33 bits per heavy atom. The molecule has 0 aromatic carbocycles. The molecule has 0 radical (unpaired) electrons. The molecule has 2 heterocycles. The minimum absolute atomic E-state index is 0.0173. The zero-order chi connectivity index (χ0) is 15.6. The minimum atomic E-state index is -0.368. The summed E-state index contributed by atoms with van der Waals surface area (Å²) in [5.41, 5.74) is 0. The Balaban J connectivity index is 2.25. The van der Waals surface area contributed by atoms with Crippen molar-refractivity contribution in [3.8, 4) is 0 Å². The average Bonchev–Trinajstić information content (AvgIpc) is 2.80. The minimum Gasteiger partial charge on any atom is -0.342 e. The third-order valence-corrected chi connectivity index (χ3v) is 4.82. The van der Waals surface area contributed by atoms with Crippen LogP contribution in [0.4, 0.5) is 0 Å². The lowest BCUT2D eigenvalue weighted by molar-refractivity contribution is -0.152. The number of amides is 2. The predicted octanol–water partition coefficient (Wildman–Crippen LogP) is 2.71. The van der Waals surface area contributed by atoms with Crippen LogP contribution >= 0.6 is 11.3 Å². The molecule has 0 spiro atoms. The van der Waals surface area contributed by atoms with Crippen LogP contribution in [0, 0.1) is 12.8 Å². The Labute approximate surface area is 130 Å². The van der Waals surface area contributed by atoms with Crippen LogP contribution < -0.4 is 5.32 Å². The molecular formula is C16H24N2O2S. The van der Waals surface area contributed by atoms with Crippen LogP contribution in [0.15, 0.2) is 12.1 Å². The molecule has 2 atom stereocenters. The smallest absolute Gasteiger partial charge is 0.246 e. The maximum Gasteiger partial charge on any atom is 0.246 e. The summed E-state index contributed by atoms with van der Waals surface area (Å²) in [5, 5.41) is 2.89. The zero-order valence-electron chi connectivity index (χ0n) is 13.2. The van der Waals surface area contributed by atoms with Gasteiger partial charge < -0.3 is 10.2 Å². The molecule has 2 rings (SSSR count). The molecule has 1 aliphatic rings. The quantitative estimate of drug-likeness (QED) is 0.909. The van der Waals surface area contributed by atoms with Crippen LogP contribution in [0.3, 0.4) is 0 Å². The van der Waals surface area contributed by atoms with Crippen molar-refractivity contribution in [1.29, 1.82) is 0 Å². The van der Waals surface area contributed by atoms with Gasteiger partial charge >= 0.3 is 0 Å². The van der Waals surface area contributed by atoms with Crippen molar-refractivity contribution in [2.45, 2.75) is 59.2 Å². The van der Waals surface area contributed by atoms with Crippen molar-refractivity contribution in [1.82, 2.24) is 10.2 Å². The van der Waals surface area contributed by atoms with E-state index >= 15 is 0 Å². The highest BCUT2D eigenvalue weighted by atomic mass is 32.1. The number of piperazine rings is 1. The summed E-state index contributed by atoms with van der Waals surface area (Å²) in [7, 11) is 0. The Bertz CT molecular complexity index is 524. The monoisotopic (exact) mass is 308 g/mol. The molecule has 1 aromatic rings. The van der Waals surface area contributed by atoms with Crippen LogP contribution in [-0.2, 0) is 16.1 Å². The van der Waals surface area contributed by atoms with Crippen LogP contribution in [0.2, 0.25) is 0 Å². The van der Waals surface area contributed by atoms with Gasteiger partial charge in [-0.1, -0.05) is 27.2 Å². The SMILES string of the molecule is CCCC1NC(=O)C(C(C)C)N(Cc2ccc(C)s2)C1=O. The highest BCUT2D eigenvalue weighted by Crippen LogP contribution is 2.24. The molecule has 1 fully saturated rings. The predicted molar refractivity (Wildman–Crippen MR) is 85.1 cm³/mol. The molecule has 21 heavy (non-hydrogen) atoms. The lowest BCUT2D eigenvalue weighted by Crippen LogP contribution is -2.64. The van der Waals surface area contributed by atoms with E-state index in [0.717, 1.165) is 11.3 Å². The van der Waals surface area contributed by atoms with Gasteiger partial charge in [-0.25, -0.2) is 0 Å². The van der Waals surface area contributed by atoms with Crippen molar-refractivity contribution in [3.63, 3.8) is 0 Å². The first kappa shape index (κ1) is 16.0. The topological polar surface area (TPSA) is 49.4 Å². The fourth-order valence-corrected chi connectivity index (χ4v) is 3.75. The number of nitrogens with one attached hydrogen (secondary N) is 1. The van der Waals surface area contributed by atoms with E-state index in [1.54, 1.807) is 16.2 Å². The molecule has 1 aliphatic heterocycles. The summed E-state index contributed by atoms with van der Waals surface area (Å²) in [5.74, 6) is 0.148. The van der Waals surface area contributed by atoms with Gasteiger partial charge in [0.2, 0.25) is 11.8 Å². The number of nitrogens with zero attached hydrogens (tertiary/aromatic N) is 1. The second-order valence-corrected chi connectivity index (χ2v) is 7.39. The molecule has 1 aromatic heterocycles. The summed E-state index contributed by atoms with van der Waals surface area (Å²) in [6, 6.07) is 3.38. The number of thiophene rings is 1. The van der Waals surface area contributed by atoms with Crippen molar-refractivity contribution in [2.75, 3.05) is 0 Å². The third kappa shape index (κ3) is 3.46. The van der Waals surface area contributed by atoms with Crippen molar-refractivity contribution in [3.05, 3.63) is 21.9 Å². The van der Waals surface area contributed by atoms with Gasteiger partial charge in [-0.15, -0.1) is 11.3 Å². The van der Waals surface area contributed by atoms with Crippen LogP contribution in [0.5, 0.6) is 0 Å². The molecule has 0 bridgehead atoms. The van der Waals surface area contributed by atoms with Gasteiger partial charge in [0.15, 0.2) is 0 Å². The van der Waals surface area contributed by atoms with E-state index in [9.17, 15) is 9.59 Å². The van der Waals surface area contributed by atoms with Gasteiger partial charge in [0, 0.05) is 9.75 Å². The second kappa shape index (κ2) is 6.60. The molecule has 1 N–H and O–H groups in total. The van der Waals surface area contributed by atoms with Gasteiger partial charge in [0.05, 0.1) is 6.54 Å². The van der Waals surface area contributed by atoms with E-state index in [2.05, 4.69) is 18.3 Å². The Kier molecular flexibility index (Phi) is 5.04. The third-order valence-electron chi connectivity index (χ3n) is 3.83. The van der Waals surface area contributed by atoms with Crippen molar-refractivity contribution < 1.29 is 9.59 Å². The zero-order valence-corrected chi connectivity index (χ0v) is 14.0. The van der Waals surface area contributed by atoms with Gasteiger partial charge in [0.25, 0.3) is 0 Å². The van der Waals surface area contributed by atoms with Crippen LogP contribution in [-0.4, -0.2) is 28.8 Å². The van der Waals surface area contributed by atoms with E-state index in [1.165, 1.54) is 4.88 Å². The fraction of sp³-hybridized carbons (Fsp3) is 0.625. The summed E-state index contributed by atoms with van der Waals surface area (Å²) in [6.07, 6.45) is 1.59. The van der Waals surface area contributed by atoms with Gasteiger partial charge in [0.1, 0.15) is 12.1 Å². The van der Waals surface area contributed by atoms with E-state index in [0.29, 0.717) is 13.0 Å². The molecule has 2 unspecified atom stereocenters. The number of hydrogen-bond donors (Lipinski definition) is 1. The second-order valence-electron chi connectivity index (χ2n) is 6.02. The maximum absolute atomic E-state index is 12.7. The first-order valence-electron chi connectivity index (χ1n) is 7.60. The standard InChI is InChI=1S/C16H24N2O2S/c1-5-6-13-16(20)18(9-12-8-7-11(4)21-12)14(10(2)3)15(19)17-13/h7-8,10,13-14H,5-6,9H2,1-4H3,(H,17,19). The normalized spacial score (nSPS) is 22.8. The van der Waals surface area contributed by atoms with Gasteiger partial charge in [-0.05, 0) is 31.4 Å². The fourth-order valence-electron chi connectivity index (χ4n) is 2.86. The van der Waals surface area contributed by atoms with E-state index < -0.39 is 0 Å². The van der Waals surface area contributed by atoms with Crippen LogP contribution in [0.25, 0.3) is 0 Å². The average molecular weight is 308 g/mol. The first-order valence-corrected chi connectivity index (χ1v) is 8.41. The molecule has 0 saturated carbocycles. The largest absolute Gasteiger partial charge is 0.342 e. The van der Waals surface area contributed by atoms with Gasteiger partial charge in [-0.3, -0.25) is 9.59 Å². The van der Waals surface area contributed by atoms with E-state index in [4.69, 9.17) is 0 Å². The lowest BCUT2D eigenvalue weighted by atomic mass is 9.95. The highest BCUT2D eigenvalue weighted by Gasteiger charge is 2.41.